The van der Waals surface area contributed by atoms with Crippen molar-refractivity contribution in [1.82, 2.24) is 20.2 Å². The molecule has 0 saturated heterocycles. The van der Waals surface area contributed by atoms with Gasteiger partial charge in [-0.05, 0) is 12.1 Å². The van der Waals surface area contributed by atoms with E-state index in [0.717, 1.165) is 21.8 Å². The van der Waals surface area contributed by atoms with E-state index < -0.39 is 0 Å². The molecule has 0 radical (unpaired) electrons. The summed E-state index contributed by atoms with van der Waals surface area (Å²) >= 11 is 1.54. The van der Waals surface area contributed by atoms with Crippen LogP contribution in [-0.4, -0.2) is 20.2 Å². The van der Waals surface area contributed by atoms with Gasteiger partial charge in [0.15, 0.2) is 0 Å². The van der Waals surface area contributed by atoms with Crippen LogP contribution >= 0.6 is 11.3 Å². The minimum absolute atomic E-state index is 0.542. The molecule has 0 amide bonds. The molecule has 0 atom stereocenters. The summed E-state index contributed by atoms with van der Waals surface area (Å²) in [5.74, 6) is 0.542. The molecule has 3 rings (SSSR count). The second-order valence-corrected chi connectivity index (χ2v) is 4.33. The quantitative estimate of drug-likeness (QED) is 0.722. The number of aromatic nitrogens is 4. The van der Waals surface area contributed by atoms with Gasteiger partial charge in [0.2, 0.25) is 0 Å². The summed E-state index contributed by atoms with van der Waals surface area (Å²) in [5, 5.41) is 9.45. The molecule has 3 N–H and O–H groups in total. The highest BCUT2D eigenvalue weighted by Gasteiger charge is 2.10. The van der Waals surface area contributed by atoms with Crippen molar-refractivity contribution in [2.45, 2.75) is 0 Å². The average molecular weight is 243 g/mol. The van der Waals surface area contributed by atoms with Gasteiger partial charge in [-0.25, -0.2) is 4.98 Å². The van der Waals surface area contributed by atoms with Crippen molar-refractivity contribution in [3.05, 3.63) is 36.1 Å². The maximum absolute atomic E-state index is 5.76. The normalized spacial score (nSPS) is 10.6. The first-order valence-corrected chi connectivity index (χ1v) is 5.87. The standard InChI is InChI=1S/C11H9N5S/c12-10-8(5-14-16-10)11-15-9(6-17-11)7-1-3-13-4-2-7/h1-6H,(H3,12,14,16). The van der Waals surface area contributed by atoms with Crippen LogP contribution in [0.3, 0.4) is 0 Å². The summed E-state index contributed by atoms with van der Waals surface area (Å²) in [6.45, 7) is 0. The van der Waals surface area contributed by atoms with Crippen LogP contribution in [0, 0.1) is 0 Å². The number of nitrogens with one attached hydrogen (secondary N) is 1. The molecule has 0 unspecified atom stereocenters. The van der Waals surface area contributed by atoms with E-state index >= 15 is 0 Å². The van der Waals surface area contributed by atoms with Gasteiger partial charge in [-0.2, -0.15) is 5.10 Å². The smallest absolute Gasteiger partial charge is 0.129 e. The molecule has 0 saturated carbocycles. The fraction of sp³-hybridized carbons (Fsp3) is 0. The summed E-state index contributed by atoms with van der Waals surface area (Å²) in [7, 11) is 0. The first kappa shape index (κ1) is 9.98. The highest BCUT2D eigenvalue weighted by Crippen LogP contribution is 2.30. The number of nitrogens with zero attached hydrogens (tertiary/aromatic N) is 3. The van der Waals surface area contributed by atoms with Gasteiger partial charge in [-0.3, -0.25) is 10.1 Å². The molecule has 0 fully saturated rings. The molecular formula is C11H9N5S. The number of aromatic amines is 1. The average Bonchev–Trinajstić information content (AvgIpc) is 2.98. The van der Waals surface area contributed by atoms with Crippen molar-refractivity contribution in [1.29, 1.82) is 0 Å². The molecular weight excluding hydrogens is 234 g/mol. The lowest BCUT2D eigenvalue weighted by atomic mass is 10.2. The third-order valence-corrected chi connectivity index (χ3v) is 3.26. The van der Waals surface area contributed by atoms with E-state index in [1.807, 2.05) is 17.5 Å². The van der Waals surface area contributed by atoms with Crippen molar-refractivity contribution in [2.24, 2.45) is 0 Å². The lowest BCUT2D eigenvalue weighted by molar-refractivity contribution is 1.10. The van der Waals surface area contributed by atoms with Crippen molar-refractivity contribution in [3.8, 4) is 21.8 Å². The SMILES string of the molecule is Nc1[nH]ncc1-c1nc(-c2ccncc2)cs1. The van der Waals surface area contributed by atoms with Gasteiger partial charge in [0.1, 0.15) is 10.8 Å². The zero-order valence-corrected chi connectivity index (χ0v) is 9.61. The van der Waals surface area contributed by atoms with Crippen LogP contribution in [0.2, 0.25) is 0 Å². The van der Waals surface area contributed by atoms with E-state index in [2.05, 4.69) is 20.2 Å². The van der Waals surface area contributed by atoms with Crippen molar-refractivity contribution < 1.29 is 0 Å². The highest BCUT2D eigenvalue weighted by atomic mass is 32.1. The van der Waals surface area contributed by atoms with Crippen LogP contribution in [0.25, 0.3) is 21.8 Å². The van der Waals surface area contributed by atoms with Crippen LogP contribution < -0.4 is 5.73 Å². The number of anilines is 1. The van der Waals surface area contributed by atoms with Crippen LogP contribution in [0.4, 0.5) is 5.82 Å². The number of hydrogen-bond acceptors (Lipinski definition) is 5. The van der Waals surface area contributed by atoms with E-state index in [1.165, 1.54) is 0 Å². The van der Waals surface area contributed by atoms with E-state index in [1.54, 1.807) is 29.9 Å². The molecule has 3 aromatic heterocycles. The van der Waals surface area contributed by atoms with Gasteiger partial charge < -0.3 is 5.73 Å². The number of nitrogens with two attached hydrogens (primary N) is 1. The van der Waals surface area contributed by atoms with E-state index in [0.29, 0.717) is 5.82 Å². The predicted octanol–water partition coefficient (Wildman–Crippen LogP) is 2.18. The van der Waals surface area contributed by atoms with Crippen LogP contribution in [0.1, 0.15) is 0 Å². The number of pyridine rings is 1. The molecule has 17 heavy (non-hydrogen) atoms. The topological polar surface area (TPSA) is 80.5 Å². The zero-order chi connectivity index (χ0) is 11.7. The number of hydrogen-bond donors (Lipinski definition) is 2. The third-order valence-electron chi connectivity index (χ3n) is 2.38. The molecule has 0 aliphatic carbocycles. The largest absolute Gasteiger partial charge is 0.383 e. The number of thiazole rings is 1. The summed E-state index contributed by atoms with van der Waals surface area (Å²) < 4.78 is 0. The fourth-order valence-electron chi connectivity index (χ4n) is 1.52. The highest BCUT2D eigenvalue weighted by molar-refractivity contribution is 7.13. The van der Waals surface area contributed by atoms with Crippen molar-refractivity contribution in [2.75, 3.05) is 5.73 Å². The Balaban J connectivity index is 2.02. The Kier molecular flexibility index (Phi) is 2.34. The van der Waals surface area contributed by atoms with Gasteiger partial charge in [-0.1, -0.05) is 0 Å². The molecule has 6 heteroatoms. The molecule has 5 nitrogen and oxygen atoms in total. The molecule has 0 aliphatic rings. The molecule has 0 spiro atoms. The summed E-state index contributed by atoms with van der Waals surface area (Å²) in [5.41, 5.74) is 8.57. The molecule has 84 valence electrons. The predicted molar refractivity (Wildman–Crippen MR) is 67.3 cm³/mol. The monoisotopic (exact) mass is 243 g/mol. The van der Waals surface area contributed by atoms with Gasteiger partial charge >= 0.3 is 0 Å². The van der Waals surface area contributed by atoms with Gasteiger partial charge in [0.05, 0.1) is 17.5 Å². The van der Waals surface area contributed by atoms with Crippen molar-refractivity contribution in [3.63, 3.8) is 0 Å². The third kappa shape index (κ3) is 1.78. The van der Waals surface area contributed by atoms with Gasteiger partial charge in [0, 0.05) is 23.3 Å². The number of H-pyrrole nitrogens is 1. The van der Waals surface area contributed by atoms with Gasteiger partial charge in [0.25, 0.3) is 0 Å². The minimum Gasteiger partial charge on any atom is -0.383 e. The van der Waals surface area contributed by atoms with Crippen molar-refractivity contribution >= 4 is 17.2 Å². The molecule has 0 bridgehead atoms. The second-order valence-electron chi connectivity index (χ2n) is 3.47. The van der Waals surface area contributed by atoms with Gasteiger partial charge in [-0.15, -0.1) is 11.3 Å². The maximum atomic E-state index is 5.76. The summed E-state index contributed by atoms with van der Waals surface area (Å²) in [6.07, 6.45) is 5.19. The lowest BCUT2D eigenvalue weighted by Crippen LogP contribution is -1.87. The summed E-state index contributed by atoms with van der Waals surface area (Å²) in [6, 6.07) is 3.86. The molecule has 3 heterocycles. The minimum atomic E-state index is 0.542. The number of nitrogen functional groups attached to an aromatic ring is 1. The first-order valence-electron chi connectivity index (χ1n) is 5.00. The van der Waals surface area contributed by atoms with Crippen LogP contribution in [-0.2, 0) is 0 Å². The Labute approximate surface area is 101 Å². The Morgan fingerprint density at radius 2 is 2.06 bits per heavy atom. The maximum Gasteiger partial charge on any atom is 0.129 e. The lowest BCUT2D eigenvalue weighted by Gasteiger charge is -1.94. The first-order chi connectivity index (χ1) is 8.34. The van der Waals surface area contributed by atoms with Crippen LogP contribution in [0.15, 0.2) is 36.1 Å². The van der Waals surface area contributed by atoms with E-state index in [-0.39, 0.29) is 0 Å². The Hall–Kier alpha value is -2.21. The van der Waals surface area contributed by atoms with E-state index in [9.17, 15) is 0 Å². The Morgan fingerprint density at radius 1 is 1.24 bits per heavy atom. The van der Waals surface area contributed by atoms with E-state index in [4.69, 9.17) is 5.73 Å². The molecule has 3 aromatic rings. The fourth-order valence-corrected chi connectivity index (χ4v) is 2.37. The summed E-state index contributed by atoms with van der Waals surface area (Å²) in [4.78, 5) is 8.52. The number of rotatable bonds is 2. The second kappa shape index (κ2) is 3.99. The zero-order valence-electron chi connectivity index (χ0n) is 8.79. The Morgan fingerprint density at radius 3 is 2.76 bits per heavy atom. The Bertz CT molecular complexity index is 628. The van der Waals surface area contributed by atoms with Crippen LogP contribution in [0.5, 0.6) is 0 Å². The molecule has 0 aromatic carbocycles. The molecule has 0 aliphatic heterocycles.